The second-order valence-electron chi connectivity index (χ2n) is 9.27. The van der Waals surface area contributed by atoms with Gasteiger partial charge >= 0.3 is 0 Å². The summed E-state index contributed by atoms with van der Waals surface area (Å²) >= 11 is 0. The molecule has 0 fully saturated rings. The van der Waals surface area contributed by atoms with Gasteiger partial charge in [0.25, 0.3) is 0 Å². The normalized spacial score (nSPS) is 16.7. The molecule has 2 aromatic carbocycles. The van der Waals surface area contributed by atoms with Crippen molar-refractivity contribution in [2.24, 2.45) is 0 Å². The highest BCUT2D eigenvalue weighted by Gasteiger charge is 2.47. The second kappa shape index (κ2) is 8.09. The number of nitrogens with zero attached hydrogens (tertiary/aromatic N) is 5. The third-order valence-corrected chi connectivity index (χ3v) is 6.84. The molecule has 0 bridgehead atoms. The molecule has 0 spiro atoms. The van der Waals surface area contributed by atoms with Crippen molar-refractivity contribution in [1.82, 2.24) is 24.3 Å². The number of rotatable bonds is 4. The first kappa shape index (κ1) is 22.6. The molecule has 1 aliphatic rings. The number of hydrogen-bond donors (Lipinski definition) is 3. The number of imidazole rings is 1. The summed E-state index contributed by atoms with van der Waals surface area (Å²) in [7, 11) is 0. The molecule has 37 heavy (non-hydrogen) atoms. The van der Waals surface area contributed by atoms with Crippen LogP contribution in [0.5, 0.6) is 5.75 Å². The predicted molar refractivity (Wildman–Crippen MR) is 136 cm³/mol. The molecule has 1 aliphatic heterocycles. The maximum absolute atomic E-state index is 13.8. The van der Waals surface area contributed by atoms with E-state index in [1.165, 1.54) is 12.1 Å². The first-order valence-electron chi connectivity index (χ1n) is 11.6. The van der Waals surface area contributed by atoms with Crippen LogP contribution in [0.25, 0.3) is 17.2 Å². The first-order valence-corrected chi connectivity index (χ1v) is 11.6. The fourth-order valence-electron chi connectivity index (χ4n) is 4.78. The van der Waals surface area contributed by atoms with Crippen molar-refractivity contribution < 1.29 is 14.3 Å². The lowest BCUT2D eigenvalue weighted by molar-refractivity contribution is -0.119. The largest absolute Gasteiger partial charge is 0.508 e. The number of aryl methyl sites for hydroxylation is 1. The van der Waals surface area contributed by atoms with E-state index in [1.54, 1.807) is 61.1 Å². The van der Waals surface area contributed by atoms with Gasteiger partial charge in [-0.05, 0) is 48.7 Å². The summed E-state index contributed by atoms with van der Waals surface area (Å²) in [5.74, 6) is 0.0648. The SMILES string of the molecule is Cc1ccc([C@@]2(C)C(=O)Nc3nc(-c4cn5ccnc5c(Cc5cccc(F)c5)n4)nc(N)c32)cc1O. The molecule has 0 saturated heterocycles. The molecule has 5 aromatic rings. The summed E-state index contributed by atoms with van der Waals surface area (Å²) in [6.45, 7) is 3.51. The van der Waals surface area contributed by atoms with Crippen LogP contribution < -0.4 is 11.1 Å². The van der Waals surface area contributed by atoms with Crippen molar-refractivity contribution in [2.75, 3.05) is 11.1 Å². The number of amides is 1. The van der Waals surface area contributed by atoms with Crippen molar-refractivity contribution in [2.45, 2.75) is 25.7 Å². The van der Waals surface area contributed by atoms with E-state index in [0.717, 1.165) is 5.56 Å². The average molecular weight is 496 g/mol. The van der Waals surface area contributed by atoms with Gasteiger partial charge in [0.2, 0.25) is 5.91 Å². The minimum atomic E-state index is -1.19. The monoisotopic (exact) mass is 495 g/mol. The number of anilines is 2. The third-order valence-electron chi connectivity index (χ3n) is 6.84. The van der Waals surface area contributed by atoms with Crippen LogP contribution in [-0.4, -0.2) is 35.4 Å². The Hall–Kier alpha value is -4.86. The van der Waals surface area contributed by atoms with Crippen LogP contribution in [0.3, 0.4) is 0 Å². The number of nitrogens with one attached hydrogen (secondary N) is 1. The van der Waals surface area contributed by atoms with Crippen LogP contribution >= 0.6 is 0 Å². The predicted octanol–water partition coefficient (Wildman–Crippen LogP) is 3.77. The van der Waals surface area contributed by atoms with Crippen LogP contribution in [0, 0.1) is 12.7 Å². The molecule has 184 valence electrons. The Morgan fingerprint density at radius 2 is 2.00 bits per heavy atom. The average Bonchev–Trinajstić information content (AvgIpc) is 3.44. The summed E-state index contributed by atoms with van der Waals surface area (Å²) in [5.41, 5.74) is 9.35. The number of phenolic OH excluding ortho intramolecular Hbond substituents is 1. The third kappa shape index (κ3) is 3.56. The van der Waals surface area contributed by atoms with Gasteiger partial charge in [0, 0.05) is 25.0 Å². The van der Waals surface area contributed by atoms with Gasteiger partial charge < -0.3 is 20.6 Å². The Labute approximate surface area is 210 Å². The van der Waals surface area contributed by atoms with Gasteiger partial charge in [0.15, 0.2) is 11.5 Å². The maximum atomic E-state index is 13.8. The number of carbonyl (C=O) groups is 1. The highest BCUT2D eigenvalue weighted by molar-refractivity contribution is 6.09. The van der Waals surface area contributed by atoms with Gasteiger partial charge in [-0.15, -0.1) is 0 Å². The molecule has 6 rings (SSSR count). The van der Waals surface area contributed by atoms with Gasteiger partial charge in [-0.2, -0.15) is 0 Å². The number of nitrogen functional groups attached to an aromatic ring is 1. The molecule has 0 aliphatic carbocycles. The molecule has 1 atom stereocenters. The zero-order valence-electron chi connectivity index (χ0n) is 20.0. The fraction of sp³-hybridized carbons (Fsp3) is 0.148. The lowest BCUT2D eigenvalue weighted by Crippen LogP contribution is -2.33. The summed E-state index contributed by atoms with van der Waals surface area (Å²) in [5, 5.41) is 13.1. The fourth-order valence-corrected chi connectivity index (χ4v) is 4.78. The van der Waals surface area contributed by atoms with Crippen LogP contribution in [-0.2, 0) is 16.6 Å². The minimum absolute atomic E-state index is 0.0831. The van der Waals surface area contributed by atoms with Gasteiger partial charge in [-0.3, -0.25) is 4.79 Å². The molecule has 4 heterocycles. The van der Waals surface area contributed by atoms with E-state index in [2.05, 4.69) is 20.3 Å². The smallest absolute Gasteiger partial charge is 0.240 e. The van der Waals surface area contributed by atoms with Crippen molar-refractivity contribution in [3.05, 3.63) is 94.8 Å². The number of phenols is 1. The van der Waals surface area contributed by atoms with E-state index in [9.17, 15) is 14.3 Å². The standard InChI is InChI=1S/C27H22FN7O2/c1-14-6-7-16(12-20(14)36)27(2)21-22(29)32-23(33-24(21)34-26(27)37)19-13-35-9-8-30-25(35)18(31-19)11-15-4-3-5-17(28)10-15/h3-10,12-13,36H,11H2,1-2H3,(H3,29,32,33,34,37)/t27-/m1/s1. The molecule has 0 saturated carbocycles. The summed E-state index contributed by atoms with van der Waals surface area (Å²) in [6.07, 6.45) is 5.50. The number of aromatic nitrogens is 5. The number of fused-ring (bicyclic) bond motifs is 2. The van der Waals surface area contributed by atoms with Crippen molar-refractivity contribution in [3.8, 4) is 17.3 Å². The molecule has 0 unspecified atom stereocenters. The molecule has 9 nitrogen and oxygen atoms in total. The second-order valence-corrected chi connectivity index (χ2v) is 9.27. The molecule has 10 heteroatoms. The lowest BCUT2D eigenvalue weighted by Gasteiger charge is -2.24. The van der Waals surface area contributed by atoms with Gasteiger partial charge in [0.1, 0.15) is 34.3 Å². The first-order chi connectivity index (χ1) is 17.7. The molecular weight excluding hydrogens is 473 g/mol. The molecule has 4 N–H and O–H groups in total. The van der Waals surface area contributed by atoms with E-state index in [1.807, 2.05) is 6.07 Å². The van der Waals surface area contributed by atoms with Crippen LogP contribution in [0.4, 0.5) is 16.0 Å². The van der Waals surface area contributed by atoms with Gasteiger partial charge in [-0.1, -0.05) is 24.3 Å². The number of aromatic hydroxyl groups is 1. The molecular formula is C27H22FN7O2. The Bertz CT molecular complexity index is 1730. The Kier molecular flexibility index (Phi) is 4.94. The summed E-state index contributed by atoms with van der Waals surface area (Å²) in [6, 6.07) is 11.4. The summed E-state index contributed by atoms with van der Waals surface area (Å²) in [4.78, 5) is 31.5. The maximum Gasteiger partial charge on any atom is 0.240 e. The van der Waals surface area contributed by atoms with E-state index in [0.29, 0.717) is 40.1 Å². The lowest BCUT2D eigenvalue weighted by atomic mass is 9.77. The molecule has 3 aromatic heterocycles. The quantitative estimate of drug-likeness (QED) is 0.346. The van der Waals surface area contributed by atoms with Crippen LogP contribution in [0.2, 0.25) is 0 Å². The van der Waals surface area contributed by atoms with E-state index in [-0.39, 0.29) is 34.9 Å². The van der Waals surface area contributed by atoms with Gasteiger partial charge in [0.05, 0.1) is 11.3 Å². The van der Waals surface area contributed by atoms with Crippen LogP contribution in [0.1, 0.15) is 34.9 Å². The molecule has 0 radical (unpaired) electrons. The highest BCUT2D eigenvalue weighted by atomic mass is 19.1. The minimum Gasteiger partial charge on any atom is -0.508 e. The van der Waals surface area contributed by atoms with Crippen LogP contribution in [0.15, 0.2) is 61.1 Å². The topological polar surface area (TPSA) is 131 Å². The van der Waals surface area contributed by atoms with E-state index in [4.69, 9.17) is 10.7 Å². The zero-order valence-corrected chi connectivity index (χ0v) is 20.0. The zero-order chi connectivity index (χ0) is 25.9. The Morgan fingerprint density at radius 3 is 2.78 bits per heavy atom. The van der Waals surface area contributed by atoms with Crippen molar-refractivity contribution in [1.29, 1.82) is 0 Å². The van der Waals surface area contributed by atoms with Gasteiger partial charge in [-0.25, -0.2) is 24.3 Å². The Morgan fingerprint density at radius 1 is 1.16 bits per heavy atom. The van der Waals surface area contributed by atoms with Crippen molar-refractivity contribution in [3.63, 3.8) is 0 Å². The summed E-state index contributed by atoms with van der Waals surface area (Å²) < 4.78 is 15.6. The van der Waals surface area contributed by atoms with E-state index >= 15 is 0 Å². The molecule has 1 amide bonds. The highest BCUT2D eigenvalue weighted by Crippen LogP contribution is 2.45. The number of hydrogen-bond acceptors (Lipinski definition) is 7. The number of halogens is 1. The number of carbonyl (C=O) groups excluding carboxylic acids is 1. The number of nitrogens with two attached hydrogens (primary N) is 1. The number of benzene rings is 2. The van der Waals surface area contributed by atoms with Crippen molar-refractivity contribution >= 4 is 23.2 Å². The Balaban J connectivity index is 1.46. The van der Waals surface area contributed by atoms with E-state index < -0.39 is 5.41 Å².